The minimum atomic E-state index is -0.491. The fourth-order valence-electron chi connectivity index (χ4n) is 3.49. The van der Waals surface area contributed by atoms with Gasteiger partial charge in [0, 0.05) is 16.9 Å². The van der Waals surface area contributed by atoms with Crippen molar-refractivity contribution >= 4 is 12.6 Å². The van der Waals surface area contributed by atoms with E-state index in [9.17, 15) is 0 Å². The van der Waals surface area contributed by atoms with Gasteiger partial charge in [0.15, 0.2) is 0 Å². The quantitative estimate of drug-likeness (QED) is 0.584. The number of nitrogens with zero attached hydrogens (tertiary/aromatic N) is 2. The molecule has 0 amide bonds. The lowest BCUT2D eigenvalue weighted by molar-refractivity contribution is 0.00578. The van der Waals surface area contributed by atoms with E-state index in [4.69, 9.17) is 14.0 Å². The Bertz CT molecular complexity index is 1010. The third kappa shape index (κ3) is 3.85. The van der Waals surface area contributed by atoms with E-state index in [1.807, 2.05) is 84.0 Å². The molecule has 30 heavy (non-hydrogen) atoms. The molecular formula is C24H27BN2O3. The van der Waals surface area contributed by atoms with E-state index in [1.165, 1.54) is 5.56 Å². The minimum absolute atomic E-state index is 0.317. The molecule has 1 aliphatic heterocycles. The van der Waals surface area contributed by atoms with Gasteiger partial charge in [0.2, 0.25) is 0 Å². The summed E-state index contributed by atoms with van der Waals surface area (Å²) in [7, 11) is -0.491. The summed E-state index contributed by atoms with van der Waals surface area (Å²) < 4.78 is 18.3. The van der Waals surface area contributed by atoms with E-state index >= 15 is 0 Å². The van der Waals surface area contributed by atoms with Crippen molar-refractivity contribution in [1.82, 2.24) is 9.97 Å². The summed E-state index contributed by atoms with van der Waals surface area (Å²) in [4.78, 5) is 9.11. The molecule has 1 aromatic heterocycles. The van der Waals surface area contributed by atoms with Gasteiger partial charge in [0.1, 0.15) is 5.75 Å². The zero-order chi connectivity index (χ0) is 21.5. The van der Waals surface area contributed by atoms with E-state index in [2.05, 4.69) is 22.1 Å². The average Bonchev–Trinajstić information content (AvgIpc) is 2.89. The van der Waals surface area contributed by atoms with Crippen LogP contribution in [0, 0.1) is 13.8 Å². The third-order valence-corrected chi connectivity index (χ3v) is 5.97. The SMILES string of the molecule is Cc1nc(Oc2ccc(-c3ccccc3)cc2)nc(C)c1B1OC(C)(C)C(C)(C)O1. The van der Waals surface area contributed by atoms with Crippen LogP contribution in [0.5, 0.6) is 11.8 Å². The van der Waals surface area contributed by atoms with Crippen LogP contribution in [0.15, 0.2) is 54.6 Å². The average molecular weight is 402 g/mol. The van der Waals surface area contributed by atoms with E-state index in [0.717, 1.165) is 22.4 Å². The predicted octanol–water partition coefficient (Wildman–Crippen LogP) is 4.85. The van der Waals surface area contributed by atoms with Crippen molar-refractivity contribution in [1.29, 1.82) is 0 Å². The Kier molecular flexibility index (Phi) is 5.16. The molecule has 5 nitrogen and oxygen atoms in total. The van der Waals surface area contributed by atoms with Gasteiger partial charge in [-0.05, 0) is 64.8 Å². The maximum Gasteiger partial charge on any atom is 0.498 e. The van der Waals surface area contributed by atoms with Crippen molar-refractivity contribution in [3.05, 3.63) is 66.0 Å². The zero-order valence-electron chi connectivity index (χ0n) is 18.4. The summed E-state index contributed by atoms with van der Waals surface area (Å²) in [6, 6.07) is 18.5. The van der Waals surface area contributed by atoms with Crippen LogP contribution in [0.2, 0.25) is 0 Å². The van der Waals surface area contributed by atoms with E-state index in [1.54, 1.807) is 0 Å². The molecule has 0 atom stereocenters. The Labute approximate surface area is 178 Å². The first-order valence-corrected chi connectivity index (χ1v) is 10.2. The fourth-order valence-corrected chi connectivity index (χ4v) is 3.49. The molecule has 0 spiro atoms. The second kappa shape index (κ2) is 7.53. The number of hydrogen-bond acceptors (Lipinski definition) is 5. The molecule has 0 bridgehead atoms. The summed E-state index contributed by atoms with van der Waals surface area (Å²) in [5, 5.41) is 0. The Hall–Kier alpha value is -2.70. The topological polar surface area (TPSA) is 53.5 Å². The molecule has 1 aliphatic rings. The Morgan fingerprint density at radius 2 is 1.23 bits per heavy atom. The van der Waals surface area contributed by atoms with Crippen LogP contribution < -0.4 is 10.2 Å². The van der Waals surface area contributed by atoms with Gasteiger partial charge >= 0.3 is 13.1 Å². The molecule has 0 unspecified atom stereocenters. The molecule has 154 valence electrons. The van der Waals surface area contributed by atoms with Gasteiger partial charge in [-0.25, -0.2) is 9.97 Å². The van der Waals surface area contributed by atoms with Crippen LogP contribution in [0.25, 0.3) is 11.1 Å². The fraction of sp³-hybridized carbons (Fsp3) is 0.333. The van der Waals surface area contributed by atoms with Crippen molar-refractivity contribution in [3.8, 4) is 22.9 Å². The Balaban J connectivity index is 1.54. The Morgan fingerprint density at radius 1 is 0.733 bits per heavy atom. The lowest BCUT2D eigenvalue weighted by Gasteiger charge is -2.32. The largest absolute Gasteiger partial charge is 0.498 e. The first-order chi connectivity index (χ1) is 14.2. The van der Waals surface area contributed by atoms with Gasteiger partial charge in [0.05, 0.1) is 11.2 Å². The molecule has 2 aromatic carbocycles. The summed E-state index contributed by atoms with van der Waals surface area (Å²) in [5.41, 5.74) is 3.92. The van der Waals surface area contributed by atoms with Crippen molar-refractivity contribution < 1.29 is 14.0 Å². The van der Waals surface area contributed by atoms with Gasteiger partial charge < -0.3 is 14.0 Å². The highest BCUT2D eigenvalue weighted by atomic mass is 16.7. The molecule has 1 fully saturated rings. The number of hydrogen-bond donors (Lipinski definition) is 0. The van der Waals surface area contributed by atoms with Crippen molar-refractivity contribution in [2.75, 3.05) is 0 Å². The molecule has 3 aromatic rings. The van der Waals surface area contributed by atoms with Crippen molar-refractivity contribution in [2.24, 2.45) is 0 Å². The molecule has 4 rings (SSSR count). The smallest absolute Gasteiger partial charge is 0.424 e. The van der Waals surface area contributed by atoms with Crippen LogP contribution in [0.4, 0.5) is 0 Å². The van der Waals surface area contributed by atoms with E-state index in [0.29, 0.717) is 11.8 Å². The Morgan fingerprint density at radius 3 is 1.77 bits per heavy atom. The normalized spacial score (nSPS) is 17.2. The van der Waals surface area contributed by atoms with Gasteiger partial charge in [-0.15, -0.1) is 0 Å². The molecule has 2 heterocycles. The van der Waals surface area contributed by atoms with E-state index in [-0.39, 0.29) is 0 Å². The summed E-state index contributed by atoms with van der Waals surface area (Å²) in [6.45, 7) is 12.0. The zero-order valence-corrected chi connectivity index (χ0v) is 18.4. The maximum atomic E-state index is 6.18. The van der Waals surface area contributed by atoms with Crippen LogP contribution >= 0.6 is 0 Å². The second-order valence-corrected chi connectivity index (χ2v) is 8.67. The lowest BCUT2D eigenvalue weighted by atomic mass is 9.77. The number of aromatic nitrogens is 2. The second-order valence-electron chi connectivity index (χ2n) is 8.67. The molecule has 0 radical (unpaired) electrons. The molecular weight excluding hydrogens is 375 g/mol. The first kappa shape index (κ1) is 20.6. The van der Waals surface area contributed by atoms with Crippen LogP contribution in [0.1, 0.15) is 39.1 Å². The minimum Gasteiger partial charge on any atom is -0.424 e. The van der Waals surface area contributed by atoms with Gasteiger partial charge in [-0.2, -0.15) is 0 Å². The first-order valence-electron chi connectivity index (χ1n) is 10.2. The number of ether oxygens (including phenoxy) is 1. The lowest BCUT2D eigenvalue weighted by Crippen LogP contribution is -2.41. The molecule has 0 N–H and O–H groups in total. The monoisotopic (exact) mass is 402 g/mol. The summed E-state index contributed by atoms with van der Waals surface area (Å²) in [6.07, 6.45) is 0. The highest BCUT2D eigenvalue weighted by Crippen LogP contribution is 2.37. The molecule has 1 saturated heterocycles. The van der Waals surface area contributed by atoms with Gasteiger partial charge in [-0.1, -0.05) is 42.5 Å². The number of aryl methyl sites for hydroxylation is 2. The highest BCUT2D eigenvalue weighted by molar-refractivity contribution is 6.63. The maximum absolute atomic E-state index is 6.18. The molecule has 0 aliphatic carbocycles. The number of rotatable bonds is 4. The van der Waals surface area contributed by atoms with Crippen LogP contribution in [-0.2, 0) is 9.31 Å². The predicted molar refractivity (Wildman–Crippen MR) is 119 cm³/mol. The van der Waals surface area contributed by atoms with Crippen molar-refractivity contribution in [3.63, 3.8) is 0 Å². The van der Waals surface area contributed by atoms with Gasteiger partial charge in [-0.3, -0.25) is 0 Å². The molecule has 0 saturated carbocycles. The highest BCUT2D eigenvalue weighted by Gasteiger charge is 2.52. The van der Waals surface area contributed by atoms with Gasteiger partial charge in [0.25, 0.3) is 0 Å². The van der Waals surface area contributed by atoms with Crippen molar-refractivity contribution in [2.45, 2.75) is 52.7 Å². The molecule has 6 heteroatoms. The van der Waals surface area contributed by atoms with Crippen LogP contribution in [-0.4, -0.2) is 28.3 Å². The summed E-state index contributed by atoms with van der Waals surface area (Å²) in [5.74, 6) is 0.692. The number of benzene rings is 2. The standard InChI is InChI=1S/C24H27BN2O3/c1-16-21(25-29-23(3,4)24(5,6)30-25)17(2)27-22(26-16)28-20-14-12-19(13-15-20)18-10-8-7-9-11-18/h7-15H,1-6H3. The van der Waals surface area contributed by atoms with E-state index < -0.39 is 18.3 Å². The summed E-state index contributed by atoms with van der Waals surface area (Å²) >= 11 is 0. The third-order valence-electron chi connectivity index (χ3n) is 5.97. The van der Waals surface area contributed by atoms with Crippen LogP contribution in [0.3, 0.4) is 0 Å².